The van der Waals surface area contributed by atoms with Crippen LogP contribution in [-0.4, -0.2) is 50.8 Å². The van der Waals surface area contributed by atoms with Crippen molar-refractivity contribution in [3.63, 3.8) is 0 Å². The molecule has 1 aliphatic rings. The number of carbonyl (C=O) groups excluding carboxylic acids is 2. The van der Waals surface area contributed by atoms with Gasteiger partial charge in [0, 0.05) is 19.0 Å². The van der Waals surface area contributed by atoms with Gasteiger partial charge >= 0.3 is 5.97 Å². The Morgan fingerprint density at radius 1 is 1.03 bits per heavy atom. The zero-order valence-electron chi connectivity index (χ0n) is 18.0. The van der Waals surface area contributed by atoms with Crippen LogP contribution in [-0.2, 0) is 31.0 Å². The maximum atomic E-state index is 12.9. The summed E-state index contributed by atoms with van der Waals surface area (Å²) in [4.78, 5) is 24.5. The molecule has 0 aromatic heterocycles. The van der Waals surface area contributed by atoms with E-state index in [-0.39, 0.29) is 43.0 Å². The summed E-state index contributed by atoms with van der Waals surface area (Å²) in [5.74, 6) is -0.509. The number of nitrogens with zero attached hydrogens (tertiary/aromatic N) is 1. The van der Waals surface area contributed by atoms with Crippen molar-refractivity contribution in [3.8, 4) is 5.75 Å². The van der Waals surface area contributed by atoms with Gasteiger partial charge in [0.05, 0.1) is 11.5 Å². The molecule has 1 N–H and O–H groups in total. The lowest BCUT2D eigenvalue weighted by molar-refractivity contribution is -0.145. The number of rotatable bonds is 9. The number of esters is 1. The summed E-state index contributed by atoms with van der Waals surface area (Å²) >= 11 is 0. The Kier molecular flexibility index (Phi) is 8.24. The highest BCUT2D eigenvalue weighted by Crippen LogP contribution is 2.25. The van der Waals surface area contributed by atoms with Crippen LogP contribution in [0.15, 0.2) is 59.5 Å². The van der Waals surface area contributed by atoms with Gasteiger partial charge in [-0.2, -0.15) is 4.31 Å². The Hall–Kier alpha value is -2.91. The highest BCUT2D eigenvalue weighted by molar-refractivity contribution is 7.89. The predicted molar refractivity (Wildman–Crippen MR) is 118 cm³/mol. The molecular formula is C23H28N2O6S. The molecule has 2 aromatic rings. The van der Waals surface area contributed by atoms with Gasteiger partial charge in [0.1, 0.15) is 18.9 Å². The molecule has 0 spiro atoms. The van der Waals surface area contributed by atoms with Crippen LogP contribution in [0.1, 0.15) is 25.3 Å². The first kappa shape index (κ1) is 23.7. The van der Waals surface area contributed by atoms with Gasteiger partial charge in [0.25, 0.3) is 0 Å². The molecule has 1 fully saturated rings. The molecule has 0 aliphatic carbocycles. The topological polar surface area (TPSA) is 102 Å². The summed E-state index contributed by atoms with van der Waals surface area (Å²) in [6.07, 6.45) is 0.780. The highest BCUT2D eigenvalue weighted by Gasteiger charge is 2.32. The SMILES string of the molecule is CCOc1ccc(S(=O)(=O)N2CCC(C(=O)NCC(=O)OCc3ccccc3)CC2)cc1. The number of sulfonamides is 1. The van der Waals surface area contributed by atoms with E-state index >= 15 is 0 Å². The molecule has 3 rings (SSSR count). The van der Waals surface area contributed by atoms with E-state index in [1.54, 1.807) is 12.1 Å². The van der Waals surface area contributed by atoms with Crippen LogP contribution in [0.3, 0.4) is 0 Å². The van der Waals surface area contributed by atoms with E-state index in [9.17, 15) is 18.0 Å². The minimum atomic E-state index is -3.63. The number of benzene rings is 2. The fourth-order valence-electron chi connectivity index (χ4n) is 3.47. The summed E-state index contributed by atoms with van der Waals surface area (Å²) in [5.41, 5.74) is 0.869. The molecule has 0 atom stereocenters. The molecule has 172 valence electrons. The molecule has 32 heavy (non-hydrogen) atoms. The number of piperidine rings is 1. The first-order chi connectivity index (χ1) is 15.4. The second-order valence-corrected chi connectivity index (χ2v) is 9.38. The number of hydrogen-bond donors (Lipinski definition) is 1. The standard InChI is InChI=1S/C23H28N2O6S/c1-2-30-20-8-10-21(11-9-20)32(28,29)25-14-12-19(13-15-25)23(27)24-16-22(26)31-17-18-6-4-3-5-7-18/h3-11,19H,2,12-17H2,1H3,(H,24,27). The van der Waals surface area contributed by atoms with Gasteiger partial charge in [-0.25, -0.2) is 8.42 Å². The van der Waals surface area contributed by atoms with E-state index in [2.05, 4.69) is 5.32 Å². The molecular weight excluding hydrogens is 432 g/mol. The fourth-order valence-corrected chi connectivity index (χ4v) is 4.94. The molecule has 2 aromatic carbocycles. The van der Waals surface area contributed by atoms with Gasteiger partial charge in [-0.05, 0) is 49.6 Å². The summed E-state index contributed by atoms with van der Waals surface area (Å²) in [7, 11) is -3.63. The third kappa shape index (κ3) is 6.30. The largest absolute Gasteiger partial charge is 0.494 e. The van der Waals surface area contributed by atoms with E-state index in [1.807, 2.05) is 37.3 Å². The number of ether oxygens (including phenoxy) is 2. The zero-order valence-corrected chi connectivity index (χ0v) is 18.8. The zero-order chi connectivity index (χ0) is 23.0. The van der Waals surface area contributed by atoms with Crippen LogP contribution in [0.5, 0.6) is 5.75 Å². The molecule has 1 aliphatic heterocycles. The fraction of sp³-hybridized carbons (Fsp3) is 0.391. The van der Waals surface area contributed by atoms with E-state index in [1.165, 1.54) is 16.4 Å². The highest BCUT2D eigenvalue weighted by atomic mass is 32.2. The van der Waals surface area contributed by atoms with E-state index in [0.29, 0.717) is 25.2 Å². The van der Waals surface area contributed by atoms with Crippen molar-refractivity contribution in [3.05, 3.63) is 60.2 Å². The van der Waals surface area contributed by atoms with Crippen molar-refractivity contribution >= 4 is 21.9 Å². The van der Waals surface area contributed by atoms with Crippen LogP contribution in [0.2, 0.25) is 0 Å². The Labute approximate surface area is 188 Å². The molecule has 0 saturated carbocycles. The normalized spacial score (nSPS) is 15.2. The molecule has 1 saturated heterocycles. The minimum absolute atomic E-state index is 0.150. The van der Waals surface area contributed by atoms with Gasteiger partial charge in [-0.1, -0.05) is 30.3 Å². The lowest BCUT2D eigenvalue weighted by Gasteiger charge is -2.30. The number of nitrogens with one attached hydrogen (secondary N) is 1. The summed E-state index contributed by atoms with van der Waals surface area (Å²) in [6.45, 7) is 2.79. The molecule has 9 heteroatoms. The van der Waals surface area contributed by atoms with Crippen LogP contribution < -0.4 is 10.1 Å². The van der Waals surface area contributed by atoms with Crippen LogP contribution in [0.4, 0.5) is 0 Å². The average Bonchev–Trinajstić information content (AvgIpc) is 2.82. The number of carbonyl (C=O) groups is 2. The Morgan fingerprint density at radius 2 is 1.69 bits per heavy atom. The second-order valence-electron chi connectivity index (χ2n) is 7.45. The lowest BCUT2D eigenvalue weighted by atomic mass is 9.97. The Balaban J connectivity index is 1.44. The van der Waals surface area contributed by atoms with E-state index in [4.69, 9.17) is 9.47 Å². The minimum Gasteiger partial charge on any atom is -0.494 e. The van der Waals surface area contributed by atoms with Gasteiger partial charge < -0.3 is 14.8 Å². The monoisotopic (exact) mass is 460 g/mol. The Morgan fingerprint density at radius 3 is 2.31 bits per heavy atom. The molecule has 0 unspecified atom stereocenters. The van der Waals surface area contributed by atoms with Crippen LogP contribution >= 0.6 is 0 Å². The molecule has 1 amide bonds. The van der Waals surface area contributed by atoms with E-state index < -0.39 is 16.0 Å². The maximum absolute atomic E-state index is 12.9. The second kappa shape index (κ2) is 11.1. The van der Waals surface area contributed by atoms with E-state index in [0.717, 1.165) is 5.56 Å². The third-order valence-corrected chi connectivity index (χ3v) is 7.16. The molecule has 0 bridgehead atoms. The maximum Gasteiger partial charge on any atom is 0.325 e. The van der Waals surface area contributed by atoms with Crippen LogP contribution in [0, 0.1) is 5.92 Å². The van der Waals surface area contributed by atoms with Crippen molar-refractivity contribution in [2.45, 2.75) is 31.3 Å². The quantitative estimate of drug-likeness (QED) is 0.577. The summed E-state index contributed by atoms with van der Waals surface area (Å²) in [6, 6.07) is 15.6. The number of amides is 1. The van der Waals surface area contributed by atoms with Crippen molar-refractivity contribution in [1.29, 1.82) is 0 Å². The lowest BCUT2D eigenvalue weighted by Crippen LogP contribution is -2.44. The first-order valence-corrected chi connectivity index (χ1v) is 12.0. The smallest absolute Gasteiger partial charge is 0.325 e. The van der Waals surface area contributed by atoms with Gasteiger partial charge in [-0.15, -0.1) is 0 Å². The van der Waals surface area contributed by atoms with Crippen molar-refractivity contribution in [2.24, 2.45) is 5.92 Å². The summed E-state index contributed by atoms with van der Waals surface area (Å²) < 4.78 is 37.6. The molecule has 8 nitrogen and oxygen atoms in total. The van der Waals surface area contributed by atoms with Gasteiger partial charge in [0.2, 0.25) is 15.9 Å². The van der Waals surface area contributed by atoms with Crippen molar-refractivity contribution in [2.75, 3.05) is 26.2 Å². The third-order valence-electron chi connectivity index (χ3n) is 5.25. The average molecular weight is 461 g/mol. The van der Waals surface area contributed by atoms with Crippen molar-refractivity contribution < 1.29 is 27.5 Å². The number of hydrogen-bond acceptors (Lipinski definition) is 6. The van der Waals surface area contributed by atoms with Gasteiger partial charge in [-0.3, -0.25) is 9.59 Å². The predicted octanol–water partition coefficient (Wildman–Crippen LogP) is 2.35. The van der Waals surface area contributed by atoms with Crippen LogP contribution in [0.25, 0.3) is 0 Å². The molecule has 0 radical (unpaired) electrons. The van der Waals surface area contributed by atoms with Crippen molar-refractivity contribution in [1.82, 2.24) is 9.62 Å². The molecule has 1 heterocycles. The Bertz CT molecular complexity index is 1000. The summed E-state index contributed by atoms with van der Waals surface area (Å²) in [5, 5.41) is 2.60. The first-order valence-electron chi connectivity index (χ1n) is 10.6. The van der Waals surface area contributed by atoms with Gasteiger partial charge in [0.15, 0.2) is 0 Å².